The van der Waals surface area contributed by atoms with Crippen molar-refractivity contribution in [1.29, 1.82) is 0 Å². The molecule has 17 heavy (non-hydrogen) atoms. The van der Waals surface area contributed by atoms with Gasteiger partial charge in [-0.25, -0.2) is 8.78 Å². The molecule has 1 aromatic carbocycles. The molecule has 1 rings (SSSR count). The van der Waals surface area contributed by atoms with Gasteiger partial charge in [0.2, 0.25) is 0 Å². The number of nitrogens with zero attached hydrogens (tertiary/aromatic N) is 1. The second kappa shape index (κ2) is 7.35. The van der Waals surface area contributed by atoms with Crippen LogP contribution < -0.4 is 5.32 Å². The van der Waals surface area contributed by atoms with Crippen LogP contribution in [-0.2, 0) is 6.42 Å². The Morgan fingerprint density at radius 2 is 1.71 bits per heavy atom. The van der Waals surface area contributed by atoms with Gasteiger partial charge in [-0.1, -0.05) is 0 Å². The molecule has 0 atom stereocenters. The van der Waals surface area contributed by atoms with Gasteiger partial charge >= 0.3 is 0 Å². The van der Waals surface area contributed by atoms with Crippen LogP contribution in [0.3, 0.4) is 0 Å². The Bertz CT molecular complexity index is 320. The van der Waals surface area contributed by atoms with Crippen LogP contribution in [0.5, 0.6) is 0 Å². The van der Waals surface area contributed by atoms with Gasteiger partial charge in [-0.2, -0.15) is 0 Å². The minimum Gasteiger partial charge on any atom is -0.316 e. The third-order valence-corrected chi connectivity index (χ3v) is 2.47. The average molecular weight is 242 g/mol. The average Bonchev–Trinajstić information content (AvgIpc) is 2.21. The maximum Gasteiger partial charge on any atom is 0.126 e. The van der Waals surface area contributed by atoms with E-state index in [9.17, 15) is 8.78 Å². The molecule has 0 saturated carbocycles. The van der Waals surface area contributed by atoms with Gasteiger partial charge < -0.3 is 10.2 Å². The smallest absolute Gasteiger partial charge is 0.126 e. The molecule has 0 aliphatic heterocycles. The number of benzene rings is 1. The van der Waals surface area contributed by atoms with E-state index in [1.807, 2.05) is 14.1 Å². The zero-order chi connectivity index (χ0) is 12.7. The third-order valence-electron chi connectivity index (χ3n) is 2.47. The summed E-state index contributed by atoms with van der Waals surface area (Å²) in [5.74, 6) is -1.01. The molecule has 0 amide bonds. The Morgan fingerprint density at radius 1 is 1.06 bits per heavy atom. The highest BCUT2D eigenvalue weighted by molar-refractivity contribution is 5.18. The molecule has 2 nitrogen and oxygen atoms in total. The number of rotatable bonds is 7. The lowest BCUT2D eigenvalue weighted by molar-refractivity contribution is 0.395. The van der Waals surface area contributed by atoms with Gasteiger partial charge in [0.25, 0.3) is 0 Å². The topological polar surface area (TPSA) is 15.3 Å². The van der Waals surface area contributed by atoms with E-state index in [-0.39, 0.29) is 0 Å². The van der Waals surface area contributed by atoms with Crippen LogP contribution in [0.1, 0.15) is 12.0 Å². The van der Waals surface area contributed by atoms with E-state index in [0.717, 1.165) is 32.1 Å². The van der Waals surface area contributed by atoms with Crippen LogP contribution in [-0.4, -0.2) is 38.6 Å². The van der Waals surface area contributed by atoms with Crippen LogP contribution in [0.4, 0.5) is 8.78 Å². The Balaban J connectivity index is 2.18. The number of hydrogen-bond acceptors (Lipinski definition) is 2. The van der Waals surface area contributed by atoms with Crippen molar-refractivity contribution < 1.29 is 8.78 Å². The van der Waals surface area contributed by atoms with Crippen molar-refractivity contribution in [1.82, 2.24) is 10.2 Å². The molecule has 96 valence electrons. The highest BCUT2D eigenvalue weighted by Gasteiger charge is 2.00. The molecule has 4 heteroatoms. The first-order valence-corrected chi connectivity index (χ1v) is 5.88. The van der Waals surface area contributed by atoms with Crippen molar-refractivity contribution in [2.24, 2.45) is 0 Å². The van der Waals surface area contributed by atoms with Crippen molar-refractivity contribution in [2.75, 3.05) is 33.7 Å². The van der Waals surface area contributed by atoms with Gasteiger partial charge in [0.15, 0.2) is 0 Å². The van der Waals surface area contributed by atoms with Gasteiger partial charge in [-0.3, -0.25) is 0 Å². The summed E-state index contributed by atoms with van der Waals surface area (Å²) in [6, 6.07) is 3.66. The van der Waals surface area contributed by atoms with E-state index in [1.165, 1.54) is 12.1 Å². The lowest BCUT2D eigenvalue weighted by Crippen LogP contribution is -2.23. The fourth-order valence-electron chi connectivity index (χ4n) is 1.63. The summed E-state index contributed by atoms with van der Waals surface area (Å²) in [7, 11) is 4.07. The van der Waals surface area contributed by atoms with Crippen molar-refractivity contribution in [3.63, 3.8) is 0 Å². The van der Waals surface area contributed by atoms with Crippen molar-refractivity contribution in [3.05, 3.63) is 35.4 Å². The molecule has 0 spiro atoms. The van der Waals surface area contributed by atoms with Crippen LogP contribution in [0, 0.1) is 11.6 Å². The zero-order valence-electron chi connectivity index (χ0n) is 10.5. The first kappa shape index (κ1) is 14.1. The minimum atomic E-state index is -0.507. The lowest BCUT2D eigenvalue weighted by Gasteiger charge is -2.09. The quantitative estimate of drug-likeness (QED) is 0.736. The van der Waals surface area contributed by atoms with Crippen LogP contribution in [0.15, 0.2) is 18.2 Å². The summed E-state index contributed by atoms with van der Waals surface area (Å²) in [4.78, 5) is 2.13. The molecule has 0 bridgehead atoms. The molecule has 0 heterocycles. The van der Waals surface area contributed by atoms with E-state index in [4.69, 9.17) is 0 Å². The van der Waals surface area contributed by atoms with E-state index < -0.39 is 11.6 Å². The fraction of sp³-hybridized carbons (Fsp3) is 0.538. The molecule has 0 saturated heterocycles. The summed E-state index contributed by atoms with van der Waals surface area (Å²) >= 11 is 0. The maximum absolute atomic E-state index is 12.9. The van der Waals surface area contributed by atoms with E-state index >= 15 is 0 Å². The summed E-state index contributed by atoms with van der Waals surface area (Å²) in [5.41, 5.74) is 0.697. The third kappa shape index (κ3) is 6.34. The summed E-state index contributed by atoms with van der Waals surface area (Å²) in [6.07, 6.45) is 1.72. The first-order valence-electron chi connectivity index (χ1n) is 5.88. The van der Waals surface area contributed by atoms with E-state index in [2.05, 4.69) is 10.2 Å². The molecule has 0 unspecified atom stereocenters. The summed E-state index contributed by atoms with van der Waals surface area (Å²) in [5, 5.41) is 3.26. The largest absolute Gasteiger partial charge is 0.316 e. The van der Waals surface area contributed by atoms with Gasteiger partial charge in [-0.05, 0) is 64.3 Å². The SMILES string of the molecule is CN(C)CCCNCCc1cc(F)cc(F)c1. The predicted molar refractivity (Wildman–Crippen MR) is 66.1 cm³/mol. The number of hydrogen-bond donors (Lipinski definition) is 1. The monoisotopic (exact) mass is 242 g/mol. The molecular weight excluding hydrogens is 222 g/mol. The van der Waals surface area contributed by atoms with E-state index in [0.29, 0.717) is 12.0 Å². The Labute approximate surface area is 102 Å². The highest BCUT2D eigenvalue weighted by atomic mass is 19.1. The van der Waals surface area contributed by atoms with Crippen LogP contribution >= 0.6 is 0 Å². The molecule has 0 fully saturated rings. The second-order valence-electron chi connectivity index (χ2n) is 4.43. The fourth-order valence-corrected chi connectivity index (χ4v) is 1.63. The van der Waals surface area contributed by atoms with Crippen LogP contribution in [0.25, 0.3) is 0 Å². The van der Waals surface area contributed by atoms with E-state index in [1.54, 1.807) is 0 Å². The van der Waals surface area contributed by atoms with Crippen molar-refractivity contribution >= 4 is 0 Å². The lowest BCUT2D eigenvalue weighted by atomic mass is 10.1. The Morgan fingerprint density at radius 3 is 2.29 bits per heavy atom. The Kier molecular flexibility index (Phi) is 6.08. The second-order valence-corrected chi connectivity index (χ2v) is 4.43. The molecular formula is C13H20F2N2. The summed E-state index contributed by atoms with van der Waals surface area (Å²) < 4.78 is 25.8. The van der Waals surface area contributed by atoms with Gasteiger partial charge in [0.05, 0.1) is 0 Å². The molecule has 1 aromatic rings. The number of nitrogens with one attached hydrogen (secondary N) is 1. The van der Waals surface area contributed by atoms with Gasteiger partial charge in [-0.15, -0.1) is 0 Å². The molecule has 0 aliphatic carbocycles. The minimum absolute atomic E-state index is 0.507. The zero-order valence-corrected chi connectivity index (χ0v) is 10.5. The normalized spacial score (nSPS) is 11.1. The van der Waals surface area contributed by atoms with Crippen molar-refractivity contribution in [2.45, 2.75) is 12.8 Å². The molecule has 0 aromatic heterocycles. The standard InChI is InChI=1S/C13H20F2N2/c1-17(2)7-3-5-16-6-4-11-8-12(14)10-13(15)9-11/h8-10,16H,3-7H2,1-2H3. The molecule has 0 radical (unpaired) electrons. The predicted octanol–water partition coefficient (Wildman–Crippen LogP) is 2.05. The van der Waals surface area contributed by atoms with Crippen molar-refractivity contribution in [3.8, 4) is 0 Å². The highest BCUT2D eigenvalue weighted by Crippen LogP contribution is 2.07. The van der Waals surface area contributed by atoms with Crippen LogP contribution in [0.2, 0.25) is 0 Å². The van der Waals surface area contributed by atoms with Gasteiger partial charge in [0.1, 0.15) is 11.6 Å². The molecule has 1 N–H and O–H groups in total. The summed E-state index contributed by atoms with van der Waals surface area (Å²) in [6.45, 7) is 2.72. The Hall–Kier alpha value is -1.00. The maximum atomic E-state index is 12.9. The number of halogens is 2. The van der Waals surface area contributed by atoms with Gasteiger partial charge in [0, 0.05) is 6.07 Å². The first-order chi connectivity index (χ1) is 8.08. The molecule has 0 aliphatic rings.